The molecule has 15 heavy (non-hydrogen) atoms. The van der Waals surface area contributed by atoms with Crippen LogP contribution in [0.25, 0.3) is 0 Å². The molecule has 0 saturated heterocycles. The number of nitrogens with zero attached hydrogens (tertiary/aromatic N) is 1. The van der Waals surface area contributed by atoms with Crippen molar-refractivity contribution < 1.29 is 0 Å². The van der Waals surface area contributed by atoms with E-state index < -0.39 is 0 Å². The fourth-order valence-corrected chi connectivity index (χ4v) is 2.84. The van der Waals surface area contributed by atoms with Gasteiger partial charge < -0.3 is 0 Å². The molecule has 0 aromatic heterocycles. The average Bonchev–Trinajstić information content (AvgIpc) is 2.85. The van der Waals surface area contributed by atoms with Crippen LogP contribution in [0.4, 0.5) is 0 Å². The molecule has 0 amide bonds. The smallest absolute Gasteiger partial charge is 0.0292 e. The first kappa shape index (κ1) is 8.90. The summed E-state index contributed by atoms with van der Waals surface area (Å²) in [5.41, 5.74) is 5.89. The minimum absolute atomic E-state index is 0.594. The molecule has 1 heteroatoms. The highest BCUT2D eigenvalue weighted by atomic mass is 14.7. The van der Waals surface area contributed by atoms with Gasteiger partial charge in [0.1, 0.15) is 0 Å². The Morgan fingerprint density at radius 3 is 3.07 bits per heavy atom. The van der Waals surface area contributed by atoms with Crippen molar-refractivity contribution in [1.82, 2.24) is 0 Å². The van der Waals surface area contributed by atoms with Crippen molar-refractivity contribution in [3.8, 4) is 0 Å². The summed E-state index contributed by atoms with van der Waals surface area (Å²) in [6.45, 7) is 2.22. The predicted molar refractivity (Wildman–Crippen MR) is 63.4 cm³/mol. The van der Waals surface area contributed by atoms with Gasteiger partial charge in [-0.2, -0.15) is 0 Å². The normalized spacial score (nSPS) is 23.0. The Hall–Kier alpha value is -1.37. The summed E-state index contributed by atoms with van der Waals surface area (Å²) < 4.78 is 0. The van der Waals surface area contributed by atoms with Crippen LogP contribution in [0.2, 0.25) is 0 Å². The van der Waals surface area contributed by atoms with Gasteiger partial charge in [-0.05, 0) is 36.5 Å². The third-order valence-corrected chi connectivity index (χ3v) is 3.54. The number of hydrogen-bond donors (Lipinski definition) is 0. The lowest BCUT2D eigenvalue weighted by Gasteiger charge is -2.13. The molecule has 1 aromatic carbocycles. The van der Waals surface area contributed by atoms with E-state index in [9.17, 15) is 0 Å². The molecule has 1 unspecified atom stereocenters. The van der Waals surface area contributed by atoms with Gasteiger partial charge >= 0.3 is 0 Å². The molecule has 1 aliphatic carbocycles. The number of rotatable bonds is 1. The quantitative estimate of drug-likeness (QED) is 0.654. The van der Waals surface area contributed by atoms with E-state index >= 15 is 0 Å². The van der Waals surface area contributed by atoms with Gasteiger partial charge in [0, 0.05) is 24.3 Å². The highest BCUT2D eigenvalue weighted by Crippen LogP contribution is 2.37. The van der Waals surface area contributed by atoms with Crippen LogP contribution >= 0.6 is 0 Å². The Bertz CT molecular complexity index is 454. The Kier molecular flexibility index (Phi) is 1.98. The molecule has 0 fully saturated rings. The molecular weight excluding hydrogens is 182 g/mol. The first-order valence-electron chi connectivity index (χ1n) is 5.66. The van der Waals surface area contributed by atoms with Crippen molar-refractivity contribution in [3.63, 3.8) is 0 Å². The van der Waals surface area contributed by atoms with Crippen LogP contribution in [-0.4, -0.2) is 5.71 Å². The summed E-state index contributed by atoms with van der Waals surface area (Å²) in [6.07, 6.45) is 7.64. The molecule has 0 N–H and O–H groups in total. The Balaban J connectivity index is 2.04. The molecule has 0 saturated carbocycles. The third-order valence-electron chi connectivity index (χ3n) is 3.54. The SMILES string of the molecule is Cc1cccc2c1C(C1=NC=CC1)CC2. The largest absolute Gasteiger partial charge is 0.265 e. The van der Waals surface area contributed by atoms with E-state index in [0.29, 0.717) is 5.92 Å². The minimum Gasteiger partial charge on any atom is -0.265 e. The Morgan fingerprint density at radius 2 is 2.27 bits per heavy atom. The lowest BCUT2D eigenvalue weighted by molar-refractivity contribution is 0.838. The van der Waals surface area contributed by atoms with Crippen molar-refractivity contribution in [2.24, 2.45) is 4.99 Å². The number of allylic oxidation sites excluding steroid dienone is 1. The van der Waals surface area contributed by atoms with Gasteiger partial charge in [0.15, 0.2) is 0 Å². The van der Waals surface area contributed by atoms with Crippen molar-refractivity contribution in [1.29, 1.82) is 0 Å². The van der Waals surface area contributed by atoms with Crippen molar-refractivity contribution in [2.75, 3.05) is 0 Å². The van der Waals surface area contributed by atoms with Crippen molar-refractivity contribution in [2.45, 2.75) is 32.1 Å². The highest BCUT2D eigenvalue weighted by Gasteiger charge is 2.27. The van der Waals surface area contributed by atoms with Crippen LogP contribution in [0, 0.1) is 6.92 Å². The van der Waals surface area contributed by atoms with Crippen molar-refractivity contribution >= 4 is 5.71 Å². The topological polar surface area (TPSA) is 12.4 Å². The summed E-state index contributed by atoms with van der Waals surface area (Å²) in [4.78, 5) is 4.49. The standard InChI is InChI=1S/C14H15N/c1-10-4-2-5-11-7-8-12(14(10)11)13-6-3-9-15-13/h2-5,9,12H,6-8H2,1H3. The summed E-state index contributed by atoms with van der Waals surface area (Å²) in [5, 5.41) is 0. The van der Waals surface area contributed by atoms with Gasteiger partial charge in [0.25, 0.3) is 0 Å². The van der Waals surface area contributed by atoms with E-state index in [1.165, 1.54) is 29.7 Å². The maximum absolute atomic E-state index is 4.49. The van der Waals surface area contributed by atoms with Crippen LogP contribution in [0.1, 0.15) is 35.4 Å². The molecule has 0 spiro atoms. The molecule has 1 nitrogen and oxygen atoms in total. The molecule has 0 radical (unpaired) electrons. The second-order valence-electron chi connectivity index (χ2n) is 4.45. The van der Waals surface area contributed by atoms with Gasteiger partial charge in [0.2, 0.25) is 0 Å². The molecule has 1 aliphatic heterocycles. The molecule has 3 rings (SSSR count). The molecule has 1 atom stereocenters. The molecule has 2 aliphatic rings. The lowest BCUT2D eigenvalue weighted by Crippen LogP contribution is -2.08. The average molecular weight is 197 g/mol. The number of hydrogen-bond acceptors (Lipinski definition) is 1. The first-order chi connectivity index (χ1) is 7.36. The zero-order valence-electron chi connectivity index (χ0n) is 9.03. The van der Waals surface area contributed by atoms with E-state index in [0.717, 1.165) is 6.42 Å². The monoisotopic (exact) mass is 197 g/mol. The Morgan fingerprint density at radius 1 is 1.33 bits per heavy atom. The second kappa shape index (κ2) is 3.34. The van der Waals surface area contributed by atoms with Crippen LogP contribution < -0.4 is 0 Å². The zero-order chi connectivity index (χ0) is 10.3. The molecule has 1 aromatic rings. The zero-order valence-corrected chi connectivity index (χ0v) is 9.03. The number of benzene rings is 1. The van der Waals surface area contributed by atoms with Crippen LogP contribution in [-0.2, 0) is 6.42 Å². The second-order valence-corrected chi connectivity index (χ2v) is 4.45. The predicted octanol–water partition coefficient (Wildman–Crippen LogP) is 3.38. The van der Waals surface area contributed by atoms with Gasteiger partial charge in [-0.25, -0.2) is 0 Å². The number of aryl methyl sites for hydroxylation is 2. The van der Waals surface area contributed by atoms with Gasteiger partial charge in [-0.1, -0.05) is 24.3 Å². The number of fused-ring (bicyclic) bond motifs is 1. The first-order valence-corrected chi connectivity index (χ1v) is 5.66. The van der Waals surface area contributed by atoms with E-state index in [2.05, 4.69) is 36.2 Å². The van der Waals surface area contributed by atoms with E-state index in [1.807, 2.05) is 6.20 Å². The maximum Gasteiger partial charge on any atom is 0.0292 e. The Labute approximate surface area is 90.5 Å². The fraction of sp³-hybridized carbons (Fsp3) is 0.357. The molecular formula is C14H15N. The van der Waals surface area contributed by atoms with Gasteiger partial charge in [-0.3, -0.25) is 4.99 Å². The molecule has 0 bridgehead atoms. The fourth-order valence-electron chi connectivity index (χ4n) is 2.84. The minimum atomic E-state index is 0.594. The highest BCUT2D eigenvalue weighted by molar-refractivity contribution is 5.95. The van der Waals surface area contributed by atoms with E-state index in [1.54, 1.807) is 5.56 Å². The van der Waals surface area contributed by atoms with Crippen molar-refractivity contribution in [3.05, 3.63) is 47.2 Å². The summed E-state index contributed by atoms with van der Waals surface area (Å²) >= 11 is 0. The maximum atomic E-state index is 4.49. The van der Waals surface area contributed by atoms with Gasteiger partial charge in [0.05, 0.1) is 0 Å². The summed E-state index contributed by atoms with van der Waals surface area (Å²) in [5.74, 6) is 0.594. The van der Waals surface area contributed by atoms with Crippen LogP contribution in [0.3, 0.4) is 0 Å². The lowest BCUT2D eigenvalue weighted by atomic mass is 9.91. The van der Waals surface area contributed by atoms with E-state index in [-0.39, 0.29) is 0 Å². The number of aliphatic imine (C=N–C) groups is 1. The molecule has 76 valence electrons. The van der Waals surface area contributed by atoms with Crippen LogP contribution in [0.15, 0.2) is 35.5 Å². The van der Waals surface area contributed by atoms with E-state index in [4.69, 9.17) is 0 Å². The summed E-state index contributed by atoms with van der Waals surface area (Å²) in [6, 6.07) is 6.66. The summed E-state index contributed by atoms with van der Waals surface area (Å²) in [7, 11) is 0. The van der Waals surface area contributed by atoms with Gasteiger partial charge in [-0.15, -0.1) is 0 Å². The van der Waals surface area contributed by atoms with Crippen LogP contribution in [0.5, 0.6) is 0 Å². The molecule has 1 heterocycles. The third kappa shape index (κ3) is 1.34.